The molecule has 6 N–H and O–H groups in total. The van der Waals surface area contributed by atoms with Crippen LogP contribution in [0.4, 0.5) is 17.1 Å². The summed E-state index contributed by atoms with van der Waals surface area (Å²) >= 11 is 0. The number of rotatable bonds is 0. The highest BCUT2D eigenvalue weighted by atomic mass is 15.3. The number of nitrogens with two attached hydrogens (primary N) is 3. The van der Waals surface area contributed by atoms with E-state index < -0.39 is 0 Å². The molecule has 3 saturated heterocycles. The summed E-state index contributed by atoms with van der Waals surface area (Å²) in [7, 11) is 0. The van der Waals surface area contributed by atoms with Gasteiger partial charge in [0, 0.05) is 135 Å². The highest BCUT2D eigenvalue weighted by molar-refractivity contribution is 5.55. The topological polar surface area (TPSA) is 97.5 Å². The molecule has 12 bridgehead atoms. The van der Waals surface area contributed by atoms with Crippen LogP contribution in [0.25, 0.3) is 0 Å². The average molecular weight is 610 g/mol. The number of fused-ring (bicyclic) bond motifs is 3. The molecule has 0 aromatic heterocycles. The first kappa shape index (κ1) is 30.5. The molecule has 3 aromatic carbocycles. The Morgan fingerprint density at radius 1 is 0.289 bits per heavy atom. The first-order valence-corrected chi connectivity index (χ1v) is 16.9. The molecule has 0 unspecified atom stereocenters. The molecule has 0 spiro atoms. The van der Waals surface area contributed by atoms with E-state index >= 15 is 0 Å². The second-order valence-corrected chi connectivity index (χ2v) is 13.6. The van der Waals surface area contributed by atoms with Crippen molar-refractivity contribution in [1.29, 1.82) is 0 Å². The minimum atomic E-state index is 0.909. The second-order valence-electron chi connectivity index (χ2n) is 13.6. The Kier molecular flexibility index (Phi) is 9.25. The number of nitrogens with zero attached hydrogens (tertiary/aromatic N) is 6. The molecule has 10 rings (SSSR count). The summed E-state index contributed by atoms with van der Waals surface area (Å²) in [6, 6.07) is 19.8. The van der Waals surface area contributed by atoms with E-state index in [0.29, 0.717) is 0 Å². The number of hydrogen-bond acceptors (Lipinski definition) is 9. The average Bonchev–Trinajstić information content (AvgIpc) is 3.05. The van der Waals surface area contributed by atoms with E-state index in [4.69, 9.17) is 17.2 Å². The van der Waals surface area contributed by atoms with Gasteiger partial charge in [-0.15, -0.1) is 0 Å². The van der Waals surface area contributed by atoms with Crippen LogP contribution in [-0.2, 0) is 39.3 Å². The van der Waals surface area contributed by atoms with E-state index in [2.05, 4.69) is 84.0 Å². The molecule has 0 amide bonds. The molecule has 3 aromatic rings. The fourth-order valence-corrected chi connectivity index (χ4v) is 7.59. The number of benzene rings is 3. The van der Waals surface area contributed by atoms with E-state index in [-0.39, 0.29) is 0 Å². The van der Waals surface area contributed by atoms with E-state index in [1.54, 1.807) is 0 Å². The van der Waals surface area contributed by atoms with Crippen LogP contribution in [0.1, 0.15) is 33.4 Å². The third-order valence-electron chi connectivity index (χ3n) is 10.6. The molecule has 9 heteroatoms. The molecular weight excluding hydrogens is 558 g/mol. The fraction of sp³-hybridized carbons (Fsp3) is 0.500. The summed E-state index contributed by atoms with van der Waals surface area (Å²) < 4.78 is 0. The summed E-state index contributed by atoms with van der Waals surface area (Å²) in [6.45, 7) is 18.0. The van der Waals surface area contributed by atoms with Gasteiger partial charge >= 0.3 is 0 Å². The Hall–Kier alpha value is -3.18. The van der Waals surface area contributed by atoms with Crippen LogP contribution >= 0.6 is 0 Å². The predicted octanol–water partition coefficient (Wildman–Crippen LogP) is 2.70. The van der Waals surface area contributed by atoms with Crippen LogP contribution in [0.5, 0.6) is 0 Å². The first-order valence-electron chi connectivity index (χ1n) is 16.9. The Morgan fingerprint density at radius 3 is 0.600 bits per heavy atom. The lowest BCUT2D eigenvalue weighted by atomic mass is 10.0. The van der Waals surface area contributed by atoms with Gasteiger partial charge in [-0.3, -0.25) is 29.4 Å². The van der Waals surface area contributed by atoms with Gasteiger partial charge in [-0.25, -0.2) is 0 Å². The third kappa shape index (κ3) is 7.14. The molecule has 0 aliphatic carbocycles. The van der Waals surface area contributed by atoms with Crippen molar-refractivity contribution < 1.29 is 0 Å². The number of piperazine rings is 3. The molecule has 7 aliphatic heterocycles. The second kappa shape index (κ2) is 13.7. The smallest absolute Gasteiger partial charge is 0.0405 e. The van der Waals surface area contributed by atoms with Gasteiger partial charge in [-0.2, -0.15) is 0 Å². The lowest BCUT2D eigenvalue weighted by Crippen LogP contribution is -2.46. The third-order valence-corrected chi connectivity index (χ3v) is 10.6. The van der Waals surface area contributed by atoms with Crippen LogP contribution < -0.4 is 17.2 Å². The maximum absolute atomic E-state index is 6.81. The minimum Gasteiger partial charge on any atom is -0.398 e. The number of para-hydroxylation sites is 3. The fourth-order valence-electron chi connectivity index (χ4n) is 7.59. The van der Waals surface area contributed by atoms with Gasteiger partial charge in [0.05, 0.1) is 0 Å². The van der Waals surface area contributed by atoms with E-state index in [0.717, 1.165) is 135 Å². The lowest BCUT2D eigenvalue weighted by Gasteiger charge is -2.36. The van der Waals surface area contributed by atoms with Crippen molar-refractivity contribution in [2.24, 2.45) is 0 Å². The summed E-state index contributed by atoms with van der Waals surface area (Å²) in [5, 5.41) is 0. The summed E-state index contributed by atoms with van der Waals surface area (Å²) in [6.07, 6.45) is 0. The summed E-state index contributed by atoms with van der Waals surface area (Å²) in [5.74, 6) is 0. The van der Waals surface area contributed by atoms with E-state index in [1.807, 2.05) is 0 Å². The molecule has 45 heavy (non-hydrogen) atoms. The lowest BCUT2D eigenvalue weighted by molar-refractivity contribution is 0.121. The van der Waals surface area contributed by atoms with E-state index in [9.17, 15) is 0 Å². The quantitative estimate of drug-likeness (QED) is 0.333. The van der Waals surface area contributed by atoms with Crippen LogP contribution in [0, 0.1) is 0 Å². The number of anilines is 3. The highest BCUT2D eigenvalue weighted by Gasteiger charge is 2.24. The monoisotopic (exact) mass is 609 g/mol. The zero-order valence-electron chi connectivity index (χ0n) is 26.8. The molecule has 0 radical (unpaired) electrons. The van der Waals surface area contributed by atoms with Crippen molar-refractivity contribution >= 4 is 17.1 Å². The van der Waals surface area contributed by atoms with Gasteiger partial charge in [0.25, 0.3) is 0 Å². The van der Waals surface area contributed by atoms with Crippen LogP contribution in [0.2, 0.25) is 0 Å². The Bertz CT molecular complexity index is 1180. The van der Waals surface area contributed by atoms with Crippen molar-refractivity contribution in [1.82, 2.24) is 29.4 Å². The minimum absolute atomic E-state index is 0.909. The van der Waals surface area contributed by atoms with Gasteiger partial charge < -0.3 is 17.2 Å². The van der Waals surface area contributed by atoms with Crippen molar-refractivity contribution in [3.63, 3.8) is 0 Å². The molecule has 240 valence electrons. The van der Waals surface area contributed by atoms with Crippen molar-refractivity contribution in [3.05, 3.63) is 88.0 Å². The molecule has 0 atom stereocenters. The van der Waals surface area contributed by atoms with E-state index in [1.165, 1.54) is 33.4 Å². The molecule has 7 aliphatic rings. The van der Waals surface area contributed by atoms with Crippen LogP contribution in [0.15, 0.2) is 54.6 Å². The van der Waals surface area contributed by atoms with Gasteiger partial charge in [-0.1, -0.05) is 54.6 Å². The van der Waals surface area contributed by atoms with Gasteiger partial charge in [-0.05, 0) is 33.4 Å². The highest BCUT2D eigenvalue weighted by Crippen LogP contribution is 2.26. The Labute approximate surface area is 269 Å². The number of nitrogen functional groups attached to an aromatic ring is 3. The Balaban J connectivity index is 1.10. The SMILES string of the molecule is Nc1c2cccc1CN1CCN(CC1)Cc1cccc(c1N)CN1CCN(CC1)Cc1cccc(c1N)CN1CCN(CC1)C2. The Morgan fingerprint density at radius 2 is 0.444 bits per heavy atom. The molecule has 3 fully saturated rings. The van der Waals surface area contributed by atoms with Gasteiger partial charge in [0.2, 0.25) is 0 Å². The van der Waals surface area contributed by atoms with Gasteiger partial charge in [0.1, 0.15) is 0 Å². The molecule has 9 nitrogen and oxygen atoms in total. The van der Waals surface area contributed by atoms with Crippen LogP contribution in [-0.4, -0.2) is 108 Å². The standard InChI is InChI=1S/C36H51N9/c37-34-28-4-1-5-29(34)23-41-12-16-43(17-13-41)25-31-7-3-9-33(36(31)39)27-45-20-18-44(19-21-45)26-32-8-2-6-30(35(32)38)24-42-14-10-40(22-28)11-15-42/h1-9H,10-27,37-39H2. The van der Waals surface area contributed by atoms with Gasteiger partial charge in [0.15, 0.2) is 0 Å². The van der Waals surface area contributed by atoms with Crippen molar-refractivity contribution in [3.8, 4) is 0 Å². The first-order chi connectivity index (χ1) is 22.0. The predicted molar refractivity (Wildman–Crippen MR) is 184 cm³/mol. The van der Waals surface area contributed by atoms with Crippen molar-refractivity contribution in [2.75, 3.05) is 95.7 Å². The maximum atomic E-state index is 6.81. The summed E-state index contributed by atoms with van der Waals surface area (Å²) in [4.78, 5) is 15.3. The largest absolute Gasteiger partial charge is 0.398 e. The van der Waals surface area contributed by atoms with Crippen molar-refractivity contribution in [2.45, 2.75) is 39.3 Å². The summed E-state index contributed by atoms with van der Waals surface area (Å²) in [5.41, 5.74) is 30.8. The molecule has 7 heterocycles. The van der Waals surface area contributed by atoms with Crippen LogP contribution in [0.3, 0.4) is 0 Å². The maximum Gasteiger partial charge on any atom is 0.0405 e. The normalized spacial score (nSPS) is 29.3. The molecular formula is C36H51N9. The molecule has 0 saturated carbocycles. The number of hydrogen-bond donors (Lipinski definition) is 3. The zero-order chi connectivity index (χ0) is 30.8. The zero-order valence-corrected chi connectivity index (χ0v) is 26.8.